The van der Waals surface area contributed by atoms with Gasteiger partial charge in [-0.15, -0.1) is 11.3 Å². The van der Waals surface area contributed by atoms with Crippen LogP contribution in [-0.2, 0) is 23.1 Å². The average Bonchev–Trinajstić information content (AvgIpc) is 2.73. The number of methoxy groups -OCH3 is 1. The van der Waals surface area contributed by atoms with Crippen molar-refractivity contribution in [2.75, 3.05) is 14.2 Å². The van der Waals surface area contributed by atoms with Crippen LogP contribution in [0, 0.1) is 0 Å². The maximum absolute atomic E-state index is 12.9. The number of aromatic nitrogens is 1. The van der Waals surface area contributed by atoms with E-state index in [0.29, 0.717) is 11.4 Å². The summed E-state index contributed by atoms with van der Waals surface area (Å²) < 4.78 is 43.9. The molecule has 1 N–H and O–H groups in total. The second-order valence-electron chi connectivity index (χ2n) is 4.11. The summed E-state index contributed by atoms with van der Waals surface area (Å²) >= 11 is 1.05. The molecule has 3 nitrogen and oxygen atoms in total. The van der Waals surface area contributed by atoms with E-state index in [1.54, 1.807) is 14.0 Å². The van der Waals surface area contributed by atoms with Gasteiger partial charge in [-0.1, -0.05) is 6.92 Å². The molecule has 0 radical (unpaired) electrons. The molecule has 0 saturated heterocycles. The molecule has 0 aliphatic rings. The molecule has 104 valence electrons. The van der Waals surface area contributed by atoms with E-state index in [0.717, 1.165) is 11.3 Å². The minimum absolute atomic E-state index is 0.149. The Morgan fingerprint density at radius 1 is 1.39 bits per heavy atom. The number of nitrogens with zero attached hydrogens (tertiary/aromatic N) is 1. The first-order valence-electron chi connectivity index (χ1n) is 5.55. The highest BCUT2D eigenvalue weighted by atomic mass is 32.1. The Balaban J connectivity index is 3.25. The van der Waals surface area contributed by atoms with Crippen molar-refractivity contribution in [3.05, 3.63) is 15.6 Å². The van der Waals surface area contributed by atoms with Gasteiger partial charge in [0.1, 0.15) is 10.6 Å². The number of hydrogen-bond acceptors (Lipinski definition) is 4. The van der Waals surface area contributed by atoms with Crippen LogP contribution in [0.5, 0.6) is 0 Å². The van der Waals surface area contributed by atoms with Gasteiger partial charge in [0.05, 0.1) is 4.88 Å². The lowest BCUT2D eigenvalue weighted by molar-refractivity contribution is -0.141. The third-order valence-electron chi connectivity index (χ3n) is 2.88. The zero-order valence-corrected chi connectivity index (χ0v) is 11.6. The average molecular weight is 282 g/mol. The number of hydrogen-bond donors (Lipinski definition) is 1. The lowest BCUT2D eigenvalue weighted by atomic mass is 10.1. The summed E-state index contributed by atoms with van der Waals surface area (Å²) in [6, 6.07) is 0. The largest absolute Gasteiger partial charge is 0.434 e. The SMILES string of the molecule is CCC(C)(OC)c1nc(C(F)(F)F)c(CNC)s1. The third-order valence-corrected chi connectivity index (χ3v) is 4.18. The molecule has 0 aromatic carbocycles. The highest BCUT2D eigenvalue weighted by Gasteiger charge is 2.40. The lowest BCUT2D eigenvalue weighted by Gasteiger charge is -2.23. The van der Waals surface area contributed by atoms with Crippen molar-refractivity contribution >= 4 is 11.3 Å². The minimum atomic E-state index is -4.43. The molecule has 1 aromatic rings. The zero-order valence-electron chi connectivity index (χ0n) is 10.8. The van der Waals surface area contributed by atoms with Crippen LogP contribution >= 0.6 is 11.3 Å². The van der Waals surface area contributed by atoms with Crippen LogP contribution in [0.15, 0.2) is 0 Å². The number of ether oxygens (including phenoxy) is 1. The molecule has 0 aliphatic carbocycles. The predicted octanol–water partition coefficient (Wildman–Crippen LogP) is 3.15. The van der Waals surface area contributed by atoms with Crippen molar-refractivity contribution in [2.24, 2.45) is 0 Å². The molecular formula is C11H17F3N2OS. The molecule has 7 heteroatoms. The first kappa shape index (κ1) is 15.4. The van der Waals surface area contributed by atoms with Gasteiger partial charge in [-0.3, -0.25) is 0 Å². The number of thiazole rings is 1. The highest BCUT2D eigenvalue weighted by Crippen LogP contribution is 2.39. The van der Waals surface area contributed by atoms with Gasteiger partial charge in [-0.05, 0) is 20.4 Å². The van der Waals surface area contributed by atoms with Gasteiger partial charge in [0.15, 0.2) is 5.69 Å². The molecule has 0 aliphatic heterocycles. The van der Waals surface area contributed by atoms with Crippen LogP contribution in [0.25, 0.3) is 0 Å². The molecule has 1 unspecified atom stereocenters. The summed E-state index contributed by atoms with van der Waals surface area (Å²) in [5.41, 5.74) is -1.58. The van der Waals surface area contributed by atoms with Crippen molar-refractivity contribution < 1.29 is 17.9 Å². The van der Waals surface area contributed by atoms with Gasteiger partial charge in [0.2, 0.25) is 0 Å². The van der Waals surface area contributed by atoms with E-state index in [1.807, 2.05) is 6.92 Å². The monoisotopic (exact) mass is 282 g/mol. The van der Waals surface area contributed by atoms with Gasteiger partial charge in [0, 0.05) is 13.7 Å². The van der Waals surface area contributed by atoms with Crippen molar-refractivity contribution in [2.45, 2.75) is 38.6 Å². The molecule has 0 amide bonds. The Kier molecular flexibility index (Phi) is 4.74. The van der Waals surface area contributed by atoms with Gasteiger partial charge in [0.25, 0.3) is 0 Å². The second kappa shape index (κ2) is 5.54. The maximum atomic E-state index is 12.9. The van der Waals surface area contributed by atoms with E-state index in [2.05, 4.69) is 10.3 Å². The molecule has 18 heavy (non-hydrogen) atoms. The summed E-state index contributed by atoms with van der Waals surface area (Å²) in [4.78, 5) is 3.93. The van der Waals surface area contributed by atoms with E-state index in [9.17, 15) is 13.2 Å². The van der Waals surface area contributed by atoms with Crippen molar-refractivity contribution in [1.82, 2.24) is 10.3 Å². The summed E-state index contributed by atoms with van der Waals surface area (Å²) in [6.45, 7) is 3.75. The Bertz CT molecular complexity index is 399. The zero-order chi connectivity index (χ0) is 14.0. The fraction of sp³-hybridized carbons (Fsp3) is 0.727. The first-order chi connectivity index (χ1) is 8.28. The van der Waals surface area contributed by atoms with Gasteiger partial charge in [-0.25, -0.2) is 4.98 Å². The Morgan fingerprint density at radius 2 is 2.00 bits per heavy atom. The first-order valence-corrected chi connectivity index (χ1v) is 6.37. The van der Waals surface area contributed by atoms with Crippen LogP contribution in [-0.4, -0.2) is 19.1 Å². The van der Waals surface area contributed by atoms with Crippen molar-refractivity contribution in [3.8, 4) is 0 Å². The predicted molar refractivity (Wildman–Crippen MR) is 64.5 cm³/mol. The Morgan fingerprint density at radius 3 is 2.39 bits per heavy atom. The fourth-order valence-electron chi connectivity index (χ4n) is 1.46. The maximum Gasteiger partial charge on any atom is 0.434 e. The molecule has 0 fully saturated rings. The summed E-state index contributed by atoms with van der Waals surface area (Å²) in [6.07, 6.45) is -3.86. The van der Waals surface area contributed by atoms with E-state index in [1.165, 1.54) is 7.11 Å². The number of rotatable bonds is 5. The van der Waals surface area contributed by atoms with Gasteiger partial charge >= 0.3 is 6.18 Å². The summed E-state index contributed by atoms with van der Waals surface area (Å²) in [5, 5.41) is 3.09. The molecule has 0 spiro atoms. The normalized spacial score (nSPS) is 15.7. The minimum Gasteiger partial charge on any atom is -0.371 e. The van der Waals surface area contributed by atoms with Gasteiger partial charge in [-0.2, -0.15) is 13.2 Å². The fourth-order valence-corrected chi connectivity index (χ4v) is 2.75. The Labute approximate surface area is 108 Å². The third kappa shape index (κ3) is 3.02. The van der Waals surface area contributed by atoms with Gasteiger partial charge < -0.3 is 10.1 Å². The van der Waals surface area contributed by atoms with Crippen LogP contribution in [0.1, 0.15) is 35.8 Å². The van der Waals surface area contributed by atoms with E-state index < -0.39 is 17.5 Å². The van der Waals surface area contributed by atoms with E-state index in [-0.39, 0.29) is 11.4 Å². The molecule has 0 bridgehead atoms. The van der Waals surface area contributed by atoms with Crippen LogP contribution in [0.3, 0.4) is 0 Å². The van der Waals surface area contributed by atoms with Crippen molar-refractivity contribution in [3.63, 3.8) is 0 Å². The molecular weight excluding hydrogens is 265 g/mol. The molecule has 1 rings (SSSR count). The Hall–Kier alpha value is -0.660. The summed E-state index contributed by atoms with van der Waals surface area (Å²) in [5.74, 6) is 0. The molecule has 0 saturated carbocycles. The smallest absolute Gasteiger partial charge is 0.371 e. The molecule has 1 atom stereocenters. The topological polar surface area (TPSA) is 34.1 Å². The molecule has 1 aromatic heterocycles. The lowest BCUT2D eigenvalue weighted by Crippen LogP contribution is -2.23. The quantitative estimate of drug-likeness (QED) is 0.901. The van der Waals surface area contributed by atoms with Crippen LogP contribution in [0.2, 0.25) is 0 Å². The second-order valence-corrected chi connectivity index (χ2v) is 5.19. The summed E-state index contributed by atoms with van der Waals surface area (Å²) in [7, 11) is 3.09. The van der Waals surface area contributed by atoms with Crippen LogP contribution in [0.4, 0.5) is 13.2 Å². The number of alkyl halides is 3. The van der Waals surface area contributed by atoms with Crippen LogP contribution < -0.4 is 5.32 Å². The van der Waals surface area contributed by atoms with E-state index >= 15 is 0 Å². The number of halogens is 3. The molecule has 1 heterocycles. The highest BCUT2D eigenvalue weighted by molar-refractivity contribution is 7.11. The number of nitrogens with one attached hydrogen (secondary N) is 1. The van der Waals surface area contributed by atoms with E-state index in [4.69, 9.17) is 4.74 Å². The standard InChI is InChI=1S/C11H17F3N2OS/c1-5-10(2,17-4)9-16-8(11(12,13)14)7(18-9)6-15-3/h15H,5-6H2,1-4H3. The van der Waals surface area contributed by atoms with Crippen molar-refractivity contribution in [1.29, 1.82) is 0 Å².